The number of nitrogens with zero attached hydrogens (tertiary/aromatic N) is 18. The molecule has 0 saturated heterocycles. The summed E-state index contributed by atoms with van der Waals surface area (Å²) < 4.78 is 127. The molecule has 20 rings (SSSR count). The molecule has 0 radical (unpaired) electrons. The molecule has 0 atom stereocenters. The van der Waals surface area contributed by atoms with Crippen molar-refractivity contribution in [3.8, 4) is 28.8 Å². The van der Waals surface area contributed by atoms with E-state index in [4.69, 9.17) is 81.2 Å². The largest absolute Gasteiger partial charge is 0.417 e. The Bertz CT molecular complexity index is 6500. The summed E-state index contributed by atoms with van der Waals surface area (Å²) in [6.45, 7) is 3.79. The molecule has 5 amide bonds. The minimum Gasteiger partial charge on any atom is -0.332 e. The Morgan fingerprint density at radius 3 is 0.835 bits per heavy atom. The van der Waals surface area contributed by atoms with Crippen molar-refractivity contribution >= 4 is 111 Å². The van der Waals surface area contributed by atoms with Crippen LogP contribution in [-0.2, 0) is 83.4 Å². The van der Waals surface area contributed by atoms with Gasteiger partial charge >= 0.3 is 18.5 Å². The summed E-state index contributed by atoms with van der Waals surface area (Å²) in [4.78, 5) is 103. The molecule has 0 bridgehead atoms. The fourth-order valence-electron chi connectivity index (χ4n) is 15.9. The number of amides is 5. The first-order valence-corrected chi connectivity index (χ1v) is 43.6. The Labute approximate surface area is 787 Å². The van der Waals surface area contributed by atoms with Gasteiger partial charge in [-0.25, -0.2) is 34.9 Å². The molecular weight excluding hydrogens is 1880 g/mol. The van der Waals surface area contributed by atoms with Crippen molar-refractivity contribution in [2.75, 3.05) is 32.7 Å². The van der Waals surface area contributed by atoms with Crippen molar-refractivity contribution < 1.29 is 63.5 Å². The van der Waals surface area contributed by atoms with Gasteiger partial charge in [0.2, 0.25) is 0 Å². The van der Waals surface area contributed by atoms with Gasteiger partial charge in [0.15, 0.2) is 0 Å². The van der Waals surface area contributed by atoms with Crippen LogP contribution in [0.1, 0.15) is 125 Å². The van der Waals surface area contributed by atoms with Crippen LogP contribution in [0.5, 0.6) is 0 Å². The number of para-hydroxylation sites is 2. The van der Waals surface area contributed by atoms with Gasteiger partial charge < -0.3 is 33.6 Å². The number of rotatable bonds is 10. The zero-order valence-corrected chi connectivity index (χ0v) is 74.6. The zero-order valence-electron chi connectivity index (χ0n) is 69.3. The number of benzene rings is 7. The average molecular weight is 1950 g/mol. The Kier molecular flexibility index (Phi) is 27.8. The fraction of sp³-hybridized carbons (Fsp3) is 0.194. The van der Waals surface area contributed by atoms with Crippen molar-refractivity contribution in [3.63, 3.8) is 0 Å². The summed E-state index contributed by atoms with van der Waals surface area (Å²) in [5.74, 6) is 0.422. The highest BCUT2D eigenvalue weighted by Crippen LogP contribution is 2.42. The van der Waals surface area contributed by atoms with E-state index in [2.05, 4.69) is 49.7 Å². The first-order valence-electron chi connectivity index (χ1n) is 41.0. The molecule has 1 N–H and O–H groups in total. The van der Waals surface area contributed by atoms with Crippen LogP contribution < -0.4 is 0 Å². The molecule has 0 unspecified atom stereocenters. The van der Waals surface area contributed by atoms with Crippen molar-refractivity contribution in [1.82, 2.24) is 92.4 Å². The van der Waals surface area contributed by atoms with E-state index in [0.29, 0.717) is 114 Å². The molecule has 13 heterocycles. The maximum Gasteiger partial charge on any atom is 0.417 e. The van der Waals surface area contributed by atoms with Crippen molar-refractivity contribution in [2.24, 2.45) is 0 Å². The van der Waals surface area contributed by atoms with E-state index >= 15 is 0 Å². The number of aromatic nitrogens is 14. The number of halogens is 16. The first kappa shape index (κ1) is 93.1. The van der Waals surface area contributed by atoms with Crippen LogP contribution in [0.4, 0.5) is 39.5 Å². The number of carbonyl (C=O) groups is 5. The number of alkyl halides is 9. The van der Waals surface area contributed by atoms with Gasteiger partial charge in [0.25, 0.3) is 29.5 Å². The molecule has 7 aromatic carbocycles. The number of nitrogens with one attached hydrogen (secondary N) is 1. The standard InChI is InChI=1S/C20H15ClF3N3O.C19H15Cl2N3O.C19H14ClF3N4O.C18H14Cl2N4O.C17H13ClF3N5O/c21-18-14(7-4-8-15(18)20(22,23)24)19(28)26-10-9-17-16(11-26)25-12-27(17)13-5-2-1-3-6-13;20-15-8-4-7-14(18(15)21)19(25)23-10-9-17-16(11-23)22-12-24(17)13-5-2-1-3-6-13;20-17-12(4-3-5-13(17)19(21,22)23)18(28)26-9-7-15-14(10-26)25-11-27(15)16-6-1-2-8-24-16;19-13-5-3-4-12(17(13)20)18(25)23-9-7-15-14(10-23)22-11-24(15)16-6-1-2-8-21-16;18-15-10(2-1-3-11(15)17(19,20)21)16(27)25-7-5-13-12(8-25)22-9-26(13)14-4-6-23-24-14/h1-8,12H,9-11H2;1-8,12H,9-11H2;1-6,8,11H,7,9-10H2;1-6,8,11H,7,9-10H2;1-4,6,9H,5,7-8H2,(H,23,24). The van der Waals surface area contributed by atoms with E-state index in [1.54, 1.807) is 96.2 Å². The monoisotopic (exact) mass is 1950 g/mol. The number of aromatic amines is 1. The van der Waals surface area contributed by atoms with Gasteiger partial charge in [0.05, 0.1) is 177 Å². The SMILES string of the molecule is O=C(c1cccc(C(F)(F)F)c1Cl)N1CCc2c(ncn2-c2ccccc2)C1.O=C(c1cccc(C(F)(F)F)c1Cl)N1CCc2c(ncn2-c2ccccn2)C1.O=C(c1cccc(C(F)(F)F)c1Cl)N1CCc2c(ncn2-c2ccn[nH]2)C1.O=C(c1cccc(Cl)c1Cl)N1CCc2c(ncn2-c2ccccc2)C1.O=C(c1cccc(Cl)c1Cl)N1CCc2c(ncn2-c2ccccn2)C1. The average Bonchev–Trinajstić information content (AvgIpc) is 1.71. The van der Waals surface area contributed by atoms with Gasteiger partial charge in [-0.15, -0.1) is 0 Å². The van der Waals surface area contributed by atoms with Crippen LogP contribution in [0.15, 0.2) is 244 Å². The number of pyridine rings is 2. The number of hydrogen-bond acceptors (Lipinski definition) is 13. The number of hydrogen-bond donors (Lipinski definition) is 1. The first-order chi connectivity index (χ1) is 63.9. The summed E-state index contributed by atoms with van der Waals surface area (Å²) in [5.41, 5.74) is 8.35. The normalized spacial score (nSPS) is 13.9. The molecule has 24 nitrogen and oxygen atoms in total. The zero-order chi connectivity index (χ0) is 93.7. The predicted molar refractivity (Wildman–Crippen MR) is 480 cm³/mol. The molecule has 5 aliphatic rings. The highest BCUT2D eigenvalue weighted by Gasteiger charge is 2.41. The molecule has 0 aliphatic carbocycles. The van der Waals surface area contributed by atoms with Crippen LogP contribution in [0.3, 0.4) is 0 Å². The van der Waals surface area contributed by atoms with Crippen LogP contribution in [0, 0.1) is 0 Å². The van der Waals surface area contributed by atoms with Gasteiger partial charge in [-0.05, 0) is 109 Å². The molecule has 15 aromatic rings. The molecule has 5 aliphatic heterocycles. The third kappa shape index (κ3) is 20.1. The molecule has 0 saturated carbocycles. The van der Waals surface area contributed by atoms with E-state index in [-0.39, 0.29) is 48.1 Å². The minimum atomic E-state index is -4.62. The van der Waals surface area contributed by atoms with E-state index in [1.807, 2.05) is 122 Å². The number of carbonyl (C=O) groups excluding carboxylic acids is 5. The lowest BCUT2D eigenvalue weighted by atomic mass is 10.1. The second-order valence-electron chi connectivity index (χ2n) is 30.6. The smallest absolute Gasteiger partial charge is 0.332 e. The molecular formula is C93H71Cl7F9N19O5. The highest BCUT2D eigenvalue weighted by molar-refractivity contribution is 6.44. The van der Waals surface area contributed by atoms with E-state index in [9.17, 15) is 63.5 Å². The molecule has 40 heteroatoms. The summed E-state index contributed by atoms with van der Waals surface area (Å²) in [6, 6.07) is 53.2. The Morgan fingerprint density at radius 1 is 0.278 bits per heavy atom. The lowest BCUT2D eigenvalue weighted by molar-refractivity contribution is -0.138. The second-order valence-corrected chi connectivity index (χ2v) is 33.3. The lowest BCUT2D eigenvalue weighted by Crippen LogP contribution is -2.36. The Balaban J connectivity index is 0.000000121. The van der Waals surface area contributed by atoms with Crippen molar-refractivity contribution in [2.45, 2.75) is 83.4 Å². The van der Waals surface area contributed by atoms with Crippen molar-refractivity contribution in [1.29, 1.82) is 0 Å². The maximum absolute atomic E-state index is 13.1. The maximum atomic E-state index is 13.1. The summed E-state index contributed by atoms with van der Waals surface area (Å²) in [7, 11) is 0. The molecule has 0 spiro atoms. The van der Waals surface area contributed by atoms with Gasteiger partial charge in [0, 0.05) is 106 Å². The highest BCUT2D eigenvalue weighted by atomic mass is 35.5. The minimum absolute atomic E-state index is 0.118. The molecule has 8 aromatic heterocycles. The lowest BCUT2D eigenvalue weighted by Gasteiger charge is -2.28. The van der Waals surface area contributed by atoms with Crippen LogP contribution in [-0.4, -0.2) is 155 Å². The van der Waals surface area contributed by atoms with Gasteiger partial charge in [-0.2, -0.15) is 44.6 Å². The second kappa shape index (κ2) is 39.7. The van der Waals surface area contributed by atoms with E-state index in [0.717, 1.165) is 99.0 Å². The van der Waals surface area contributed by atoms with Crippen LogP contribution in [0.25, 0.3) is 28.8 Å². The third-order valence-electron chi connectivity index (χ3n) is 22.6. The third-order valence-corrected chi connectivity index (χ3v) is 25.4. The van der Waals surface area contributed by atoms with Crippen molar-refractivity contribution in [3.05, 3.63) is 381 Å². The fourth-order valence-corrected chi connectivity index (χ4v) is 17.7. The van der Waals surface area contributed by atoms with Gasteiger partial charge in [-0.3, -0.25) is 42.8 Å². The molecule has 0 fully saturated rings. The van der Waals surface area contributed by atoms with Gasteiger partial charge in [-0.1, -0.05) is 160 Å². The summed E-state index contributed by atoms with van der Waals surface area (Å²) >= 11 is 42.1. The summed E-state index contributed by atoms with van der Waals surface area (Å²) in [5, 5.41) is 6.38. The predicted octanol–water partition coefficient (Wildman–Crippen LogP) is 20.5. The van der Waals surface area contributed by atoms with E-state index in [1.165, 1.54) is 51.1 Å². The topological polar surface area (TPSA) is 245 Å². The number of imidazole rings is 5. The Hall–Kier alpha value is -13.2. The number of fused-ring (bicyclic) bond motifs is 5. The molecule has 680 valence electrons. The summed E-state index contributed by atoms with van der Waals surface area (Å²) in [6.07, 6.45) is 2.75. The molecule has 133 heavy (non-hydrogen) atoms. The van der Waals surface area contributed by atoms with Crippen LogP contribution in [0.2, 0.25) is 35.2 Å². The van der Waals surface area contributed by atoms with E-state index < -0.39 is 68.0 Å². The van der Waals surface area contributed by atoms with Crippen LogP contribution >= 0.6 is 81.2 Å². The quantitative estimate of drug-likeness (QED) is 0.125. The number of H-pyrrole nitrogens is 1. The Morgan fingerprint density at radius 2 is 0.549 bits per heavy atom. The van der Waals surface area contributed by atoms with Gasteiger partial charge in [0.1, 0.15) is 36.4 Å².